The van der Waals surface area contributed by atoms with Crippen LogP contribution in [0.25, 0.3) is 0 Å². The maximum atomic E-state index is 10.7. The molecular weight excluding hydrogens is 469 g/mol. The van der Waals surface area contributed by atoms with Gasteiger partial charge in [-0.05, 0) is 60.6 Å². The van der Waals surface area contributed by atoms with Crippen molar-refractivity contribution < 1.29 is 5.11 Å². The molecule has 6 heteroatoms. The van der Waals surface area contributed by atoms with Gasteiger partial charge >= 0.3 is 0 Å². The molecule has 1 aromatic heterocycles. The molecule has 146 valence electrons. The van der Waals surface area contributed by atoms with E-state index in [-0.39, 0.29) is 24.0 Å². The standard InChI is InChI=1S/C21H27N3OS.HI/c1-3-22-20(24-13-21(2,25)18-9-6-10-26-18)23-12-17-16-11-14-7-4-5-8-15(14)19(16)17;/h4-10,16-17,19,25H,3,11-13H2,1-2H3,(H2,22,23,24);1H. The maximum absolute atomic E-state index is 10.7. The van der Waals surface area contributed by atoms with Crippen molar-refractivity contribution in [3.8, 4) is 0 Å². The number of aliphatic imine (C=N–C) groups is 1. The zero-order valence-corrected chi connectivity index (χ0v) is 19.0. The zero-order valence-electron chi connectivity index (χ0n) is 15.8. The molecule has 1 fully saturated rings. The second-order valence-electron chi connectivity index (χ2n) is 7.58. The van der Waals surface area contributed by atoms with Crippen LogP contribution in [0.5, 0.6) is 0 Å². The number of halogens is 1. The molecule has 0 amide bonds. The molecule has 4 rings (SSSR count). The Morgan fingerprint density at radius 3 is 2.81 bits per heavy atom. The van der Waals surface area contributed by atoms with Crippen molar-refractivity contribution in [2.24, 2.45) is 16.8 Å². The highest BCUT2D eigenvalue weighted by molar-refractivity contribution is 14.0. The van der Waals surface area contributed by atoms with Crippen molar-refractivity contribution >= 4 is 41.3 Å². The molecule has 1 aromatic carbocycles. The summed E-state index contributed by atoms with van der Waals surface area (Å²) in [6.07, 6.45) is 1.22. The van der Waals surface area contributed by atoms with Crippen LogP contribution < -0.4 is 10.6 Å². The molecule has 1 heterocycles. The van der Waals surface area contributed by atoms with Crippen molar-refractivity contribution in [3.63, 3.8) is 0 Å². The third-order valence-electron chi connectivity index (χ3n) is 5.65. The summed E-state index contributed by atoms with van der Waals surface area (Å²) in [6, 6.07) is 12.8. The van der Waals surface area contributed by atoms with Crippen LogP contribution in [0.2, 0.25) is 0 Å². The summed E-state index contributed by atoms with van der Waals surface area (Å²) in [5, 5.41) is 19.4. The topological polar surface area (TPSA) is 56.7 Å². The van der Waals surface area contributed by atoms with E-state index in [2.05, 4.69) is 46.8 Å². The summed E-state index contributed by atoms with van der Waals surface area (Å²) >= 11 is 1.57. The minimum atomic E-state index is -0.925. The minimum Gasteiger partial charge on any atom is -0.383 e. The van der Waals surface area contributed by atoms with Crippen molar-refractivity contribution in [1.82, 2.24) is 10.6 Å². The third kappa shape index (κ3) is 4.32. The highest BCUT2D eigenvalue weighted by Gasteiger charge is 2.54. The van der Waals surface area contributed by atoms with Crippen LogP contribution in [-0.2, 0) is 12.0 Å². The molecule has 2 aliphatic rings. The van der Waals surface area contributed by atoms with E-state index in [9.17, 15) is 5.11 Å². The number of aliphatic hydroxyl groups is 1. The van der Waals surface area contributed by atoms with E-state index >= 15 is 0 Å². The molecule has 2 aromatic rings. The summed E-state index contributed by atoms with van der Waals surface area (Å²) in [4.78, 5) is 5.58. The molecule has 3 N–H and O–H groups in total. The molecule has 0 aliphatic heterocycles. The van der Waals surface area contributed by atoms with Crippen LogP contribution in [0.3, 0.4) is 0 Å². The quantitative estimate of drug-likeness (QED) is 0.324. The fourth-order valence-electron chi connectivity index (χ4n) is 4.21. The van der Waals surface area contributed by atoms with Gasteiger partial charge in [-0.2, -0.15) is 0 Å². The number of benzene rings is 1. The van der Waals surface area contributed by atoms with Crippen molar-refractivity contribution in [3.05, 3.63) is 57.8 Å². The lowest BCUT2D eigenvalue weighted by Gasteiger charge is -2.20. The molecule has 27 heavy (non-hydrogen) atoms. The number of thiophene rings is 1. The largest absolute Gasteiger partial charge is 0.383 e. The SMILES string of the molecule is CCNC(=NCC(C)(O)c1cccs1)NCC1C2Cc3ccccc3C12.I. The molecule has 0 saturated heterocycles. The Balaban J connectivity index is 0.00000210. The lowest BCUT2D eigenvalue weighted by Crippen LogP contribution is -2.40. The Labute approximate surface area is 182 Å². The van der Waals surface area contributed by atoms with Gasteiger partial charge in [-0.25, -0.2) is 4.99 Å². The Morgan fingerprint density at radius 2 is 2.07 bits per heavy atom. The molecular formula is C21H28IN3OS. The van der Waals surface area contributed by atoms with Gasteiger partial charge in [0, 0.05) is 18.0 Å². The summed E-state index contributed by atoms with van der Waals surface area (Å²) in [7, 11) is 0. The van der Waals surface area contributed by atoms with Gasteiger partial charge in [-0.3, -0.25) is 0 Å². The normalized spacial score (nSPS) is 25.0. The highest BCUT2D eigenvalue weighted by Crippen LogP contribution is 2.60. The first kappa shape index (κ1) is 20.6. The van der Waals surface area contributed by atoms with Gasteiger partial charge in [0.25, 0.3) is 0 Å². The monoisotopic (exact) mass is 497 g/mol. The Morgan fingerprint density at radius 1 is 1.26 bits per heavy atom. The van der Waals surface area contributed by atoms with Gasteiger partial charge in [0.05, 0.1) is 6.54 Å². The highest BCUT2D eigenvalue weighted by atomic mass is 127. The molecule has 4 atom stereocenters. The molecule has 1 saturated carbocycles. The molecule has 2 aliphatic carbocycles. The van der Waals surface area contributed by atoms with Crippen LogP contribution in [0.1, 0.15) is 35.8 Å². The van der Waals surface area contributed by atoms with Gasteiger partial charge in [0.2, 0.25) is 0 Å². The van der Waals surface area contributed by atoms with E-state index in [0.717, 1.165) is 35.8 Å². The maximum Gasteiger partial charge on any atom is 0.191 e. The number of nitrogens with zero attached hydrogens (tertiary/aromatic N) is 1. The average molecular weight is 497 g/mol. The first-order chi connectivity index (χ1) is 12.6. The van der Waals surface area contributed by atoms with Gasteiger partial charge in [0.15, 0.2) is 5.96 Å². The van der Waals surface area contributed by atoms with Crippen LogP contribution in [0.15, 0.2) is 46.8 Å². The predicted molar refractivity (Wildman–Crippen MR) is 123 cm³/mol. The summed E-state index contributed by atoms with van der Waals surface area (Å²) < 4.78 is 0. The van der Waals surface area contributed by atoms with Gasteiger partial charge in [-0.15, -0.1) is 35.3 Å². The van der Waals surface area contributed by atoms with Crippen molar-refractivity contribution in [1.29, 1.82) is 0 Å². The zero-order chi connectivity index (χ0) is 18.1. The molecule has 0 radical (unpaired) electrons. The summed E-state index contributed by atoms with van der Waals surface area (Å²) in [5.41, 5.74) is 2.16. The Hall–Kier alpha value is -1.12. The number of hydrogen-bond acceptors (Lipinski definition) is 3. The minimum absolute atomic E-state index is 0. The molecule has 4 unspecified atom stereocenters. The first-order valence-electron chi connectivity index (χ1n) is 9.46. The van der Waals surface area contributed by atoms with Crippen LogP contribution in [0, 0.1) is 11.8 Å². The summed E-state index contributed by atoms with van der Waals surface area (Å²) in [5.74, 6) is 3.00. The van der Waals surface area contributed by atoms with E-state index in [1.54, 1.807) is 16.9 Å². The lowest BCUT2D eigenvalue weighted by atomic mass is 10.0. The van der Waals surface area contributed by atoms with Crippen LogP contribution in [-0.4, -0.2) is 30.7 Å². The molecule has 0 bridgehead atoms. The van der Waals surface area contributed by atoms with E-state index in [1.165, 1.54) is 12.0 Å². The fraction of sp³-hybridized carbons (Fsp3) is 0.476. The Kier molecular flexibility index (Phi) is 6.48. The second kappa shape index (κ2) is 8.49. The van der Waals surface area contributed by atoms with Gasteiger partial charge < -0.3 is 15.7 Å². The number of hydrogen-bond donors (Lipinski definition) is 3. The van der Waals surface area contributed by atoms with Crippen LogP contribution >= 0.6 is 35.3 Å². The molecule has 4 nitrogen and oxygen atoms in total. The van der Waals surface area contributed by atoms with E-state index in [0.29, 0.717) is 12.5 Å². The summed E-state index contributed by atoms with van der Waals surface area (Å²) in [6.45, 7) is 6.00. The van der Waals surface area contributed by atoms with E-state index < -0.39 is 5.60 Å². The molecule has 0 spiro atoms. The smallest absolute Gasteiger partial charge is 0.191 e. The average Bonchev–Trinajstić information content (AvgIpc) is 3.03. The van der Waals surface area contributed by atoms with Gasteiger partial charge in [0.1, 0.15) is 5.60 Å². The van der Waals surface area contributed by atoms with Crippen molar-refractivity contribution in [2.75, 3.05) is 19.6 Å². The Bertz CT molecular complexity index is 790. The van der Waals surface area contributed by atoms with E-state index in [4.69, 9.17) is 0 Å². The predicted octanol–water partition coefficient (Wildman–Crippen LogP) is 3.71. The van der Waals surface area contributed by atoms with E-state index in [1.807, 2.05) is 24.4 Å². The number of fused-ring (bicyclic) bond motifs is 3. The number of guanidine groups is 1. The number of nitrogens with one attached hydrogen (secondary N) is 2. The fourth-order valence-corrected chi connectivity index (χ4v) is 4.99. The second-order valence-corrected chi connectivity index (χ2v) is 8.53. The first-order valence-corrected chi connectivity index (χ1v) is 10.3. The van der Waals surface area contributed by atoms with Gasteiger partial charge in [-0.1, -0.05) is 30.3 Å². The third-order valence-corrected chi connectivity index (χ3v) is 6.77. The lowest BCUT2D eigenvalue weighted by molar-refractivity contribution is 0.0711. The number of rotatable bonds is 6. The van der Waals surface area contributed by atoms with Crippen molar-refractivity contribution in [2.45, 2.75) is 31.8 Å². The van der Waals surface area contributed by atoms with Crippen LogP contribution in [0.4, 0.5) is 0 Å².